The topological polar surface area (TPSA) is 41.1 Å². The maximum atomic E-state index is 4.95. The molecular weight excluding hydrogens is 320 g/mol. The van der Waals surface area contributed by atoms with Crippen LogP contribution in [0.15, 0.2) is 30.3 Å². The van der Waals surface area contributed by atoms with Gasteiger partial charge >= 0.3 is 0 Å². The Balaban J connectivity index is 1.44. The Morgan fingerprint density at radius 1 is 0.962 bits per heavy atom. The lowest BCUT2D eigenvalue weighted by Crippen LogP contribution is -2.43. The molecule has 4 aliphatic rings. The van der Waals surface area contributed by atoms with Gasteiger partial charge in [-0.3, -0.25) is 0 Å². The third-order valence-electron chi connectivity index (χ3n) is 6.45. The van der Waals surface area contributed by atoms with Crippen LogP contribution in [0, 0.1) is 6.92 Å². The number of anilines is 2. The Bertz CT molecular complexity index is 796. The summed E-state index contributed by atoms with van der Waals surface area (Å²) in [7, 11) is 0. The Morgan fingerprint density at radius 3 is 2.62 bits per heavy atom. The number of nitrogens with one attached hydrogen (secondary N) is 1. The molecule has 1 saturated carbocycles. The summed E-state index contributed by atoms with van der Waals surface area (Å²) in [4.78, 5) is 12.2. The number of hydrogen-bond donors (Lipinski definition) is 1. The van der Waals surface area contributed by atoms with Crippen molar-refractivity contribution < 1.29 is 0 Å². The molecule has 2 fully saturated rings. The molecule has 2 atom stereocenters. The Hall–Kier alpha value is -2.10. The van der Waals surface area contributed by atoms with Gasteiger partial charge in [0.15, 0.2) is 0 Å². The lowest BCUT2D eigenvalue weighted by Gasteiger charge is -2.47. The molecule has 3 heterocycles. The molecule has 1 N–H and O–H groups in total. The number of aromatic nitrogens is 2. The van der Waals surface area contributed by atoms with E-state index < -0.39 is 0 Å². The highest BCUT2D eigenvalue weighted by Gasteiger charge is 2.38. The van der Waals surface area contributed by atoms with Gasteiger partial charge in [0.05, 0.1) is 6.04 Å². The van der Waals surface area contributed by atoms with E-state index in [1.54, 1.807) is 5.56 Å². The normalized spacial score (nSPS) is 25.2. The number of rotatable bonds is 3. The molecule has 2 bridgehead atoms. The van der Waals surface area contributed by atoms with Gasteiger partial charge in [0.2, 0.25) is 5.95 Å². The largest absolute Gasteiger partial charge is 0.351 e. The summed E-state index contributed by atoms with van der Waals surface area (Å²) in [5.41, 5.74) is 4.13. The summed E-state index contributed by atoms with van der Waals surface area (Å²) in [5, 5.41) is 3.62. The van der Waals surface area contributed by atoms with E-state index in [0.717, 1.165) is 24.0 Å². The quantitative estimate of drug-likeness (QED) is 0.850. The monoisotopic (exact) mass is 348 g/mol. The zero-order chi connectivity index (χ0) is 17.5. The molecule has 136 valence electrons. The van der Waals surface area contributed by atoms with Gasteiger partial charge in [0, 0.05) is 30.3 Å². The predicted octanol–water partition coefficient (Wildman–Crippen LogP) is 4.97. The minimum Gasteiger partial charge on any atom is -0.351 e. The van der Waals surface area contributed by atoms with E-state index >= 15 is 0 Å². The molecule has 1 aromatic heterocycles. The van der Waals surface area contributed by atoms with Crippen molar-refractivity contribution in [2.75, 3.05) is 16.8 Å². The third-order valence-corrected chi connectivity index (χ3v) is 6.45. The first-order valence-electron chi connectivity index (χ1n) is 10.3. The zero-order valence-electron chi connectivity index (χ0n) is 15.6. The summed E-state index contributed by atoms with van der Waals surface area (Å²) < 4.78 is 0. The Morgan fingerprint density at radius 2 is 1.77 bits per heavy atom. The van der Waals surface area contributed by atoms with Crippen LogP contribution in [0.2, 0.25) is 0 Å². The van der Waals surface area contributed by atoms with Gasteiger partial charge in [-0.25, -0.2) is 4.98 Å². The van der Waals surface area contributed by atoms with Crippen molar-refractivity contribution in [1.29, 1.82) is 0 Å². The Labute approximate surface area is 156 Å². The molecule has 0 radical (unpaired) electrons. The number of aryl methyl sites for hydroxylation is 1. The smallest absolute Gasteiger partial charge is 0.225 e. The first-order valence-corrected chi connectivity index (χ1v) is 10.3. The SMILES string of the molecule is Cc1cc(N2C[C@H]3CC[C@H]2c2ccccc23)nc(NC2CCCCC2)n1. The average Bonchev–Trinajstić information content (AvgIpc) is 2.69. The molecule has 1 aromatic carbocycles. The standard InChI is InChI=1S/C22H28N4/c1-15-13-21(25-22(23-15)24-17-7-3-2-4-8-17)26-14-16-11-12-20(26)19-10-6-5-9-18(16)19/h5-6,9-10,13,16-17,20H,2-4,7-8,11-12,14H2,1H3,(H,23,24,25)/t16-,20+/m1/s1. The molecule has 26 heavy (non-hydrogen) atoms. The first kappa shape index (κ1) is 16.1. The number of fused-ring (bicyclic) bond motifs is 2. The number of nitrogens with zero attached hydrogens (tertiary/aromatic N) is 3. The highest BCUT2D eigenvalue weighted by atomic mass is 15.3. The van der Waals surface area contributed by atoms with Gasteiger partial charge in [-0.15, -0.1) is 0 Å². The van der Waals surface area contributed by atoms with Crippen LogP contribution in [0.25, 0.3) is 0 Å². The van der Waals surface area contributed by atoms with Gasteiger partial charge in [0.1, 0.15) is 5.82 Å². The van der Waals surface area contributed by atoms with E-state index in [4.69, 9.17) is 4.98 Å². The fourth-order valence-corrected chi connectivity index (χ4v) is 5.18. The summed E-state index contributed by atoms with van der Waals surface area (Å²) in [6, 6.07) is 12.2. The van der Waals surface area contributed by atoms with E-state index in [2.05, 4.69) is 52.5 Å². The molecule has 4 nitrogen and oxygen atoms in total. The van der Waals surface area contributed by atoms with E-state index in [0.29, 0.717) is 18.0 Å². The van der Waals surface area contributed by atoms with Crippen molar-refractivity contribution in [2.45, 2.75) is 69.9 Å². The molecule has 6 rings (SSSR count). The van der Waals surface area contributed by atoms with Crippen molar-refractivity contribution in [3.05, 3.63) is 47.2 Å². The second-order valence-corrected chi connectivity index (χ2v) is 8.24. The van der Waals surface area contributed by atoms with Crippen LogP contribution in [0.4, 0.5) is 11.8 Å². The van der Waals surface area contributed by atoms with Gasteiger partial charge in [-0.2, -0.15) is 4.98 Å². The number of benzene rings is 1. The molecule has 2 aliphatic heterocycles. The van der Waals surface area contributed by atoms with Crippen LogP contribution in [0.3, 0.4) is 0 Å². The van der Waals surface area contributed by atoms with Crippen LogP contribution >= 0.6 is 0 Å². The lowest BCUT2D eigenvalue weighted by molar-refractivity contribution is 0.387. The van der Waals surface area contributed by atoms with Crippen LogP contribution in [-0.2, 0) is 0 Å². The van der Waals surface area contributed by atoms with Gasteiger partial charge in [-0.05, 0) is 43.7 Å². The second-order valence-electron chi connectivity index (χ2n) is 8.24. The summed E-state index contributed by atoms with van der Waals surface area (Å²) in [5.74, 6) is 2.56. The number of hydrogen-bond acceptors (Lipinski definition) is 4. The Kier molecular flexibility index (Phi) is 4.07. The van der Waals surface area contributed by atoms with Gasteiger partial charge in [-0.1, -0.05) is 43.5 Å². The molecular formula is C22H28N4. The van der Waals surface area contributed by atoms with Crippen LogP contribution in [0.1, 0.15) is 73.7 Å². The number of piperidine rings is 1. The fraction of sp³-hybridized carbons (Fsp3) is 0.545. The van der Waals surface area contributed by atoms with Crippen LogP contribution < -0.4 is 10.2 Å². The molecule has 2 aliphatic carbocycles. The third kappa shape index (κ3) is 2.85. The summed E-state index contributed by atoms with van der Waals surface area (Å²) >= 11 is 0. The van der Waals surface area contributed by atoms with E-state index in [9.17, 15) is 0 Å². The fourth-order valence-electron chi connectivity index (χ4n) is 5.18. The van der Waals surface area contributed by atoms with Crippen molar-refractivity contribution in [3.8, 4) is 0 Å². The maximum Gasteiger partial charge on any atom is 0.225 e. The minimum atomic E-state index is 0.466. The highest BCUT2D eigenvalue weighted by molar-refractivity contribution is 5.53. The average molecular weight is 348 g/mol. The molecule has 0 unspecified atom stereocenters. The van der Waals surface area contributed by atoms with E-state index in [1.165, 1.54) is 50.5 Å². The van der Waals surface area contributed by atoms with Crippen molar-refractivity contribution in [2.24, 2.45) is 0 Å². The molecule has 4 heteroatoms. The van der Waals surface area contributed by atoms with Crippen molar-refractivity contribution in [1.82, 2.24) is 9.97 Å². The highest BCUT2D eigenvalue weighted by Crippen LogP contribution is 2.47. The predicted molar refractivity (Wildman–Crippen MR) is 106 cm³/mol. The van der Waals surface area contributed by atoms with Crippen LogP contribution in [-0.4, -0.2) is 22.6 Å². The van der Waals surface area contributed by atoms with Crippen LogP contribution in [0.5, 0.6) is 0 Å². The zero-order valence-corrected chi connectivity index (χ0v) is 15.6. The maximum absolute atomic E-state index is 4.95. The first-order chi connectivity index (χ1) is 12.8. The van der Waals surface area contributed by atoms with Crippen molar-refractivity contribution >= 4 is 11.8 Å². The van der Waals surface area contributed by atoms with Crippen molar-refractivity contribution in [3.63, 3.8) is 0 Å². The summed E-state index contributed by atoms with van der Waals surface area (Å²) in [6.07, 6.45) is 9.04. The molecule has 0 amide bonds. The van der Waals surface area contributed by atoms with Gasteiger partial charge < -0.3 is 10.2 Å². The van der Waals surface area contributed by atoms with E-state index in [-0.39, 0.29) is 0 Å². The van der Waals surface area contributed by atoms with Gasteiger partial charge in [0.25, 0.3) is 0 Å². The molecule has 2 aromatic rings. The molecule has 0 spiro atoms. The van der Waals surface area contributed by atoms with E-state index in [1.807, 2.05) is 0 Å². The second kappa shape index (κ2) is 6.57. The minimum absolute atomic E-state index is 0.466. The summed E-state index contributed by atoms with van der Waals surface area (Å²) in [6.45, 7) is 3.17. The molecule has 1 saturated heterocycles. The lowest BCUT2D eigenvalue weighted by atomic mass is 9.75.